The quantitative estimate of drug-likeness (QED) is 0.889. The van der Waals surface area contributed by atoms with Crippen LogP contribution in [0.3, 0.4) is 0 Å². The minimum absolute atomic E-state index is 0.0637. The highest BCUT2D eigenvalue weighted by Crippen LogP contribution is 2.29. The van der Waals surface area contributed by atoms with Gasteiger partial charge in [-0.05, 0) is 49.2 Å². The van der Waals surface area contributed by atoms with Gasteiger partial charge in [-0.15, -0.1) is 0 Å². The molecule has 1 aromatic heterocycles. The lowest BCUT2D eigenvalue weighted by molar-refractivity contribution is 0.568. The van der Waals surface area contributed by atoms with Gasteiger partial charge in [-0.25, -0.2) is 8.78 Å². The Morgan fingerprint density at radius 1 is 1.15 bits per heavy atom. The molecule has 0 fully saturated rings. The van der Waals surface area contributed by atoms with E-state index in [-0.39, 0.29) is 11.9 Å². The molecule has 0 spiro atoms. The van der Waals surface area contributed by atoms with E-state index in [0.717, 1.165) is 24.7 Å². The fraction of sp³-hybridized carbons (Fsp3) is 0.312. The first-order chi connectivity index (χ1) is 9.61. The van der Waals surface area contributed by atoms with Crippen LogP contribution in [-0.2, 0) is 0 Å². The van der Waals surface area contributed by atoms with Gasteiger partial charge < -0.3 is 5.32 Å². The highest BCUT2D eigenvalue weighted by Gasteiger charge is 2.13. The van der Waals surface area contributed by atoms with Crippen LogP contribution in [0.2, 0.25) is 0 Å². The molecule has 1 unspecified atom stereocenters. The summed E-state index contributed by atoms with van der Waals surface area (Å²) in [6, 6.07) is 6.03. The molecule has 0 bridgehead atoms. The molecule has 1 heterocycles. The van der Waals surface area contributed by atoms with Crippen molar-refractivity contribution in [1.82, 2.24) is 10.3 Å². The third kappa shape index (κ3) is 3.39. The SMILES string of the molecule is CCCNC(C)c1ccc(F)cc1-c1cncc(F)c1. The lowest BCUT2D eigenvalue weighted by atomic mass is 9.96. The molecule has 106 valence electrons. The van der Waals surface area contributed by atoms with Gasteiger partial charge in [0.1, 0.15) is 11.6 Å². The van der Waals surface area contributed by atoms with Gasteiger partial charge in [0.15, 0.2) is 0 Å². The van der Waals surface area contributed by atoms with E-state index in [1.54, 1.807) is 12.3 Å². The van der Waals surface area contributed by atoms with Crippen molar-refractivity contribution in [3.8, 4) is 11.1 Å². The molecule has 2 nitrogen and oxygen atoms in total. The van der Waals surface area contributed by atoms with Gasteiger partial charge in [0.25, 0.3) is 0 Å². The molecule has 0 aliphatic carbocycles. The molecule has 0 amide bonds. The summed E-state index contributed by atoms with van der Waals surface area (Å²) in [5.41, 5.74) is 2.20. The van der Waals surface area contributed by atoms with Crippen LogP contribution in [0.1, 0.15) is 31.9 Å². The molecular weight excluding hydrogens is 258 g/mol. The number of aromatic nitrogens is 1. The fourth-order valence-corrected chi connectivity index (χ4v) is 2.19. The Labute approximate surface area is 117 Å². The Balaban J connectivity index is 2.43. The average molecular weight is 276 g/mol. The molecule has 20 heavy (non-hydrogen) atoms. The summed E-state index contributed by atoms with van der Waals surface area (Å²) in [7, 11) is 0. The van der Waals surface area contributed by atoms with Crippen LogP contribution < -0.4 is 5.32 Å². The first kappa shape index (κ1) is 14.6. The Morgan fingerprint density at radius 2 is 1.95 bits per heavy atom. The third-order valence-electron chi connectivity index (χ3n) is 3.20. The molecule has 1 N–H and O–H groups in total. The second-order valence-electron chi connectivity index (χ2n) is 4.80. The lowest BCUT2D eigenvalue weighted by Gasteiger charge is -2.18. The molecule has 2 rings (SSSR count). The lowest BCUT2D eigenvalue weighted by Crippen LogP contribution is -2.20. The maximum Gasteiger partial charge on any atom is 0.142 e. The van der Waals surface area contributed by atoms with Crippen LogP contribution in [0.4, 0.5) is 8.78 Å². The molecular formula is C16H18F2N2. The standard InChI is InChI=1S/C16H18F2N2/c1-3-6-20-11(2)15-5-4-13(17)8-16(15)12-7-14(18)10-19-9-12/h4-5,7-11,20H,3,6H2,1-2H3. The van der Waals surface area contributed by atoms with Gasteiger partial charge in [0, 0.05) is 17.8 Å². The highest BCUT2D eigenvalue weighted by molar-refractivity contribution is 5.67. The second kappa shape index (κ2) is 6.57. The molecule has 1 atom stereocenters. The molecule has 0 aliphatic heterocycles. The maximum atomic E-state index is 13.5. The molecule has 0 saturated heterocycles. The highest BCUT2D eigenvalue weighted by atomic mass is 19.1. The van der Waals surface area contributed by atoms with Crippen molar-refractivity contribution >= 4 is 0 Å². The predicted octanol–water partition coefficient (Wildman–Crippen LogP) is 4.09. The number of hydrogen-bond acceptors (Lipinski definition) is 2. The zero-order chi connectivity index (χ0) is 14.5. The minimum Gasteiger partial charge on any atom is -0.310 e. The largest absolute Gasteiger partial charge is 0.310 e. The third-order valence-corrected chi connectivity index (χ3v) is 3.20. The summed E-state index contributed by atoms with van der Waals surface area (Å²) in [6.07, 6.45) is 3.71. The van der Waals surface area contributed by atoms with Crippen molar-refractivity contribution in [1.29, 1.82) is 0 Å². The first-order valence-corrected chi connectivity index (χ1v) is 6.75. The Kier molecular flexibility index (Phi) is 4.79. The van der Waals surface area contributed by atoms with Gasteiger partial charge in [0.05, 0.1) is 6.20 Å². The summed E-state index contributed by atoms with van der Waals surface area (Å²) in [6.45, 7) is 4.97. The van der Waals surface area contributed by atoms with Gasteiger partial charge in [-0.2, -0.15) is 0 Å². The minimum atomic E-state index is -0.424. The fourth-order valence-electron chi connectivity index (χ4n) is 2.19. The van der Waals surface area contributed by atoms with Crippen molar-refractivity contribution in [2.24, 2.45) is 0 Å². The Bertz CT molecular complexity index is 584. The number of hydrogen-bond donors (Lipinski definition) is 1. The van der Waals surface area contributed by atoms with Gasteiger partial charge >= 0.3 is 0 Å². The van der Waals surface area contributed by atoms with E-state index < -0.39 is 5.82 Å². The maximum absolute atomic E-state index is 13.5. The molecule has 0 saturated carbocycles. The summed E-state index contributed by atoms with van der Waals surface area (Å²) in [4.78, 5) is 3.84. The van der Waals surface area contributed by atoms with Crippen LogP contribution in [0, 0.1) is 11.6 Å². The van der Waals surface area contributed by atoms with Gasteiger partial charge in [0.2, 0.25) is 0 Å². The first-order valence-electron chi connectivity index (χ1n) is 6.75. The molecule has 2 aromatic rings. The van der Waals surface area contributed by atoms with E-state index in [1.807, 2.05) is 6.92 Å². The second-order valence-corrected chi connectivity index (χ2v) is 4.80. The van der Waals surface area contributed by atoms with Crippen molar-refractivity contribution in [2.45, 2.75) is 26.3 Å². The van der Waals surface area contributed by atoms with Crippen LogP contribution >= 0.6 is 0 Å². The molecule has 0 aliphatic rings. The van der Waals surface area contributed by atoms with Crippen LogP contribution in [-0.4, -0.2) is 11.5 Å². The van der Waals surface area contributed by atoms with E-state index in [2.05, 4.69) is 17.2 Å². The van der Waals surface area contributed by atoms with E-state index >= 15 is 0 Å². The van der Waals surface area contributed by atoms with E-state index in [0.29, 0.717) is 11.1 Å². The zero-order valence-corrected chi connectivity index (χ0v) is 11.7. The number of halogens is 2. The molecule has 0 radical (unpaired) electrons. The van der Waals surface area contributed by atoms with Gasteiger partial charge in [-0.3, -0.25) is 4.98 Å². The normalized spacial score (nSPS) is 12.4. The van der Waals surface area contributed by atoms with Crippen LogP contribution in [0.15, 0.2) is 36.7 Å². The van der Waals surface area contributed by atoms with E-state index in [9.17, 15) is 8.78 Å². The Hall–Kier alpha value is -1.81. The smallest absolute Gasteiger partial charge is 0.142 e. The van der Waals surface area contributed by atoms with Crippen molar-refractivity contribution in [3.05, 3.63) is 53.9 Å². The number of rotatable bonds is 5. The molecule has 1 aromatic carbocycles. The topological polar surface area (TPSA) is 24.9 Å². The molecule has 4 heteroatoms. The van der Waals surface area contributed by atoms with Crippen molar-refractivity contribution in [3.63, 3.8) is 0 Å². The predicted molar refractivity (Wildman–Crippen MR) is 76.3 cm³/mol. The van der Waals surface area contributed by atoms with E-state index in [4.69, 9.17) is 0 Å². The summed E-state index contributed by atoms with van der Waals surface area (Å²) < 4.78 is 26.8. The zero-order valence-electron chi connectivity index (χ0n) is 11.7. The monoisotopic (exact) mass is 276 g/mol. The summed E-state index contributed by atoms with van der Waals surface area (Å²) in [5.74, 6) is -0.761. The average Bonchev–Trinajstić information content (AvgIpc) is 2.44. The number of benzene rings is 1. The summed E-state index contributed by atoms with van der Waals surface area (Å²) >= 11 is 0. The van der Waals surface area contributed by atoms with Crippen LogP contribution in [0.5, 0.6) is 0 Å². The van der Waals surface area contributed by atoms with Crippen LogP contribution in [0.25, 0.3) is 11.1 Å². The Morgan fingerprint density at radius 3 is 2.65 bits per heavy atom. The van der Waals surface area contributed by atoms with Crippen molar-refractivity contribution < 1.29 is 8.78 Å². The van der Waals surface area contributed by atoms with Gasteiger partial charge in [-0.1, -0.05) is 13.0 Å². The number of pyridine rings is 1. The van der Waals surface area contributed by atoms with Crippen molar-refractivity contribution in [2.75, 3.05) is 6.54 Å². The summed E-state index contributed by atoms with van der Waals surface area (Å²) in [5, 5.41) is 3.36. The van der Waals surface area contributed by atoms with E-state index in [1.165, 1.54) is 18.2 Å². The number of nitrogens with one attached hydrogen (secondary N) is 1. The number of nitrogens with zero attached hydrogens (tertiary/aromatic N) is 1.